The molecular formula is C14H29N. The standard InChI is InChI=1S/C14H29N/c1-4-12(5-2)10-13-8-7-9-14(11-13)15-6-3/h12-15H,4-11H2,1-3H3. The van der Waals surface area contributed by atoms with Crippen molar-refractivity contribution in [3.63, 3.8) is 0 Å². The maximum absolute atomic E-state index is 3.62. The normalized spacial score (nSPS) is 27.2. The molecule has 0 aromatic rings. The molecule has 15 heavy (non-hydrogen) atoms. The van der Waals surface area contributed by atoms with Gasteiger partial charge in [-0.2, -0.15) is 0 Å². The summed E-state index contributed by atoms with van der Waals surface area (Å²) in [6.45, 7) is 8.06. The Bertz CT molecular complexity index is 149. The van der Waals surface area contributed by atoms with Crippen LogP contribution in [0.3, 0.4) is 0 Å². The molecule has 0 bridgehead atoms. The van der Waals surface area contributed by atoms with Gasteiger partial charge in [0.1, 0.15) is 0 Å². The first-order valence-corrected chi connectivity index (χ1v) is 7.03. The average molecular weight is 211 g/mol. The molecule has 1 N–H and O–H groups in total. The fourth-order valence-corrected chi connectivity index (χ4v) is 3.07. The summed E-state index contributed by atoms with van der Waals surface area (Å²) in [7, 11) is 0. The van der Waals surface area contributed by atoms with E-state index < -0.39 is 0 Å². The van der Waals surface area contributed by atoms with Crippen molar-refractivity contribution in [1.29, 1.82) is 0 Å². The minimum atomic E-state index is 0.822. The number of rotatable bonds is 6. The van der Waals surface area contributed by atoms with Crippen molar-refractivity contribution < 1.29 is 0 Å². The zero-order chi connectivity index (χ0) is 11.1. The lowest BCUT2D eigenvalue weighted by molar-refractivity contribution is 0.239. The van der Waals surface area contributed by atoms with Crippen LogP contribution in [-0.4, -0.2) is 12.6 Å². The first-order valence-electron chi connectivity index (χ1n) is 7.03. The van der Waals surface area contributed by atoms with E-state index in [1.165, 1.54) is 44.9 Å². The van der Waals surface area contributed by atoms with Crippen LogP contribution in [0.5, 0.6) is 0 Å². The highest BCUT2D eigenvalue weighted by atomic mass is 14.9. The molecule has 1 fully saturated rings. The van der Waals surface area contributed by atoms with Crippen molar-refractivity contribution in [2.45, 2.75) is 71.8 Å². The van der Waals surface area contributed by atoms with Gasteiger partial charge in [0, 0.05) is 6.04 Å². The van der Waals surface area contributed by atoms with Crippen LogP contribution < -0.4 is 5.32 Å². The summed E-state index contributed by atoms with van der Waals surface area (Å²) in [5, 5.41) is 3.62. The van der Waals surface area contributed by atoms with Gasteiger partial charge in [-0.25, -0.2) is 0 Å². The SMILES string of the molecule is CCNC1CCCC(CC(CC)CC)C1. The number of hydrogen-bond acceptors (Lipinski definition) is 1. The van der Waals surface area contributed by atoms with Crippen LogP contribution in [0.2, 0.25) is 0 Å². The third-order valence-corrected chi connectivity index (χ3v) is 4.10. The van der Waals surface area contributed by atoms with Gasteiger partial charge >= 0.3 is 0 Å². The second kappa shape index (κ2) is 7.27. The summed E-state index contributed by atoms with van der Waals surface area (Å²) >= 11 is 0. The summed E-state index contributed by atoms with van der Waals surface area (Å²) < 4.78 is 0. The van der Waals surface area contributed by atoms with E-state index in [2.05, 4.69) is 26.1 Å². The fraction of sp³-hybridized carbons (Fsp3) is 1.00. The Morgan fingerprint density at radius 3 is 2.47 bits per heavy atom. The van der Waals surface area contributed by atoms with Crippen LogP contribution in [0.1, 0.15) is 65.7 Å². The first kappa shape index (κ1) is 13.0. The molecule has 1 rings (SSSR count). The first-order chi connectivity index (χ1) is 7.30. The van der Waals surface area contributed by atoms with Crippen LogP contribution >= 0.6 is 0 Å². The molecule has 0 amide bonds. The largest absolute Gasteiger partial charge is 0.314 e. The van der Waals surface area contributed by atoms with Crippen molar-refractivity contribution in [2.75, 3.05) is 6.54 Å². The molecular weight excluding hydrogens is 182 g/mol. The average Bonchev–Trinajstić information content (AvgIpc) is 2.27. The molecule has 2 unspecified atom stereocenters. The summed E-state index contributed by atoms with van der Waals surface area (Å²) in [5.74, 6) is 1.99. The summed E-state index contributed by atoms with van der Waals surface area (Å²) in [4.78, 5) is 0. The van der Waals surface area contributed by atoms with Crippen LogP contribution in [-0.2, 0) is 0 Å². The minimum Gasteiger partial charge on any atom is -0.314 e. The second-order valence-electron chi connectivity index (χ2n) is 5.21. The maximum Gasteiger partial charge on any atom is 0.00695 e. The summed E-state index contributed by atoms with van der Waals surface area (Å²) in [6, 6.07) is 0.822. The molecule has 1 aliphatic rings. The molecule has 0 spiro atoms. The van der Waals surface area contributed by atoms with E-state index in [4.69, 9.17) is 0 Å². The highest BCUT2D eigenvalue weighted by Gasteiger charge is 2.22. The highest BCUT2D eigenvalue weighted by molar-refractivity contribution is 4.78. The van der Waals surface area contributed by atoms with Gasteiger partial charge < -0.3 is 5.32 Å². The lowest BCUT2D eigenvalue weighted by Crippen LogP contribution is -2.34. The molecule has 90 valence electrons. The Labute approximate surface area is 96.0 Å². The third-order valence-electron chi connectivity index (χ3n) is 4.10. The van der Waals surface area contributed by atoms with Crippen molar-refractivity contribution in [3.8, 4) is 0 Å². The van der Waals surface area contributed by atoms with Gasteiger partial charge in [0.2, 0.25) is 0 Å². The molecule has 1 nitrogen and oxygen atoms in total. The molecule has 1 heteroatoms. The van der Waals surface area contributed by atoms with Crippen molar-refractivity contribution in [1.82, 2.24) is 5.32 Å². The Morgan fingerprint density at radius 1 is 1.13 bits per heavy atom. The molecule has 2 atom stereocenters. The lowest BCUT2D eigenvalue weighted by Gasteiger charge is -2.31. The zero-order valence-electron chi connectivity index (χ0n) is 10.9. The summed E-state index contributed by atoms with van der Waals surface area (Å²) in [6.07, 6.45) is 10.0. The van der Waals surface area contributed by atoms with Crippen LogP contribution in [0.4, 0.5) is 0 Å². The highest BCUT2D eigenvalue weighted by Crippen LogP contribution is 2.31. The van der Waals surface area contributed by atoms with E-state index in [1.54, 1.807) is 0 Å². The third kappa shape index (κ3) is 4.55. The molecule has 0 aromatic carbocycles. The lowest BCUT2D eigenvalue weighted by atomic mass is 9.79. The number of hydrogen-bond donors (Lipinski definition) is 1. The van der Waals surface area contributed by atoms with Crippen LogP contribution in [0.15, 0.2) is 0 Å². The zero-order valence-corrected chi connectivity index (χ0v) is 10.9. The smallest absolute Gasteiger partial charge is 0.00695 e. The van der Waals surface area contributed by atoms with Gasteiger partial charge in [0.15, 0.2) is 0 Å². The van der Waals surface area contributed by atoms with Gasteiger partial charge in [-0.05, 0) is 37.6 Å². The van der Waals surface area contributed by atoms with E-state index >= 15 is 0 Å². The van der Waals surface area contributed by atoms with Crippen LogP contribution in [0.25, 0.3) is 0 Å². The predicted molar refractivity (Wildman–Crippen MR) is 68.1 cm³/mol. The molecule has 0 heterocycles. The minimum absolute atomic E-state index is 0.822. The van der Waals surface area contributed by atoms with E-state index in [0.717, 1.165) is 24.4 Å². The van der Waals surface area contributed by atoms with Crippen LogP contribution in [0, 0.1) is 11.8 Å². The van der Waals surface area contributed by atoms with Gasteiger partial charge in [-0.1, -0.05) is 46.5 Å². The maximum atomic E-state index is 3.62. The van der Waals surface area contributed by atoms with Crippen molar-refractivity contribution in [3.05, 3.63) is 0 Å². The predicted octanol–water partition coefficient (Wildman–Crippen LogP) is 3.98. The van der Waals surface area contributed by atoms with Gasteiger partial charge in [-0.15, -0.1) is 0 Å². The molecule has 0 aliphatic heterocycles. The summed E-state index contributed by atoms with van der Waals surface area (Å²) in [5.41, 5.74) is 0. The Hall–Kier alpha value is -0.0400. The molecule has 0 aromatic heterocycles. The van der Waals surface area contributed by atoms with Gasteiger partial charge in [0.25, 0.3) is 0 Å². The molecule has 0 saturated heterocycles. The quantitative estimate of drug-likeness (QED) is 0.700. The molecule has 1 aliphatic carbocycles. The van der Waals surface area contributed by atoms with E-state index in [1.807, 2.05) is 0 Å². The van der Waals surface area contributed by atoms with E-state index in [0.29, 0.717) is 0 Å². The fourth-order valence-electron chi connectivity index (χ4n) is 3.07. The number of nitrogens with one attached hydrogen (secondary N) is 1. The Balaban J connectivity index is 2.28. The van der Waals surface area contributed by atoms with Crippen molar-refractivity contribution in [2.24, 2.45) is 11.8 Å². The molecule has 0 radical (unpaired) electrons. The van der Waals surface area contributed by atoms with Gasteiger partial charge in [-0.3, -0.25) is 0 Å². The Kier molecular flexibility index (Phi) is 6.31. The monoisotopic (exact) mass is 211 g/mol. The topological polar surface area (TPSA) is 12.0 Å². The Morgan fingerprint density at radius 2 is 1.87 bits per heavy atom. The van der Waals surface area contributed by atoms with Crippen molar-refractivity contribution >= 4 is 0 Å². The van der Waals surface area contributed by atoms with Gasteiger partial charge in [0.05, 0.1) is 0 Å². The molecule has 1 saturated carbocycles. The van der Waals surface area contributed by atoms with E-state index in [9.17, 15) is 0 Å². The second-order valence-corrected chi connectivity index (χ2v) is 5.21. The van der Waals surface area contributed by atoms with E-state index in [-0.39, 0.29) is 0 Å².